The van der Waals surface area contributed by atoms with E-state index in [9.17, 15) is 0 Å². The summed E-state index contributed by atoms with van der Waals surface area (Å²) >= 11 is 0. The van der Waals surface area contributed by atoms with E-state index in [2.05, 4.69) is 58.9 Å². The first-order valence-electron chi connectivity index (χ1n) is 5.20. The summed E-state index contributed by atoms with van der Waals surface area (Å²) < 4.78 is 0. The topological polar surface area (TPSA) is 0 Å². The van der Waals surface area contributed by atoms with Gasteiger partial charge in [-0.3, -0.25) is 0 Å². The van der Waals surface area contributed by atoms with Gasteiger partial charge in [-0.15, -0.1) is 0 Å². The largest absolute Gasteiger partial charge is 0.0776 e. The molecule has 0 fully saturated rings. The summed E-state index contributed by atoms with van der Waals surface area (Å²) in [5, 5.41) is 0. The summed E-state index contributed by atoms with van der Waals surface area (Å²) in [6.07, 6.45) is 0. The van der Waals surface area contributed by atoms with Crippen molar-refractivity contribution in [2.24, 2.45) is 0 Å². The van der Waals surface area contributed by atoms with Gasteiger partial charge in [0.15, 0.2) is 0 Å². The molecular weight excluding hydrogens is 240 g/mol. The fourth-order valence-electron chi connectivity index (χ4n) is 0. The van der Waals surface area contributed by atoms with Crippen molar-refractivity contribution in [2.45, 2.75) is 88.6 Å². The predicted octanol–water partition coefficient (Wildman–Crippen LogP) is 5.85. The molecule has 0 aromatic heterocycles. The first kappa shape index (κ1) is 43.8. The molecule has 0 aliphatic rings. The van der Waals surface area contributed by atoms with Crippen LogP contribution in [0.4, 0.5) is 0 Å². The fraction of sp³-hybridized carbons (Fsp3) is 1.00. The van der Waals surface area contributed by atoms with Gasteiger partial charge in [-0.25, -0.2) is 0 Å². The zero-order valence-corrected chi connectivity index (χ0v) is 14.2. The Morgan fingerprint density at radius 1 is 0.312 bits per heavy atom. The Balaban J connectivity index is -0.0000000135. The highest BCUT2D eigenvalue weighted by molar-refractivity contribution is 6.54. The Bertz CT molecular complexity index is 39.7. The first-order valence-corrected chi connectivity index (χ1v) is 15.6. The Morgan fingerprint density at radius 3 is 0.312 bits per heavy atom. The Kier molecular flexibility index (Phi) is 98.7. The molecule has 0 aliphatic carbocycles. The quantitative estimate of drug-likeness (QED) is 0.490. The van der Waals surface area contributed by atoms with Crippen LogP contribution >= 0.6 is 0 Å². The van der Waals surface area contributed by atoms with Crippen LogP contribution in [0.2, 0.25) is 58.9 Å². The summed E-state index contributed by atoms with van der Waals surface area (Å²) in [7, 11) is -0.417. The van der Waals surface area contributed by atoms with E-state index in [1.165, 1.54) is 0 Å². The summed E-state index contributed by atoms with van der Waals surface area (Å²) in [6, 6.07) is 0. The second-order valence-corrected chi connectivity index (χ2v) is 15.6. The number of rotatable bonds is 0. The molecule has 0 spiro atoms. The Morgan fingerprint density at radius 2 is 0.312 bits per heavy atom. The highest BCUT2D eigenvalue weighted by atomic mass is 28.3. The van der Waals surface area contributed by atoms with Gasteiger partial charge >= 0.3 is 0 Å². The van der Waals surface area contributed by atoms with E-state index in [0.717, 1.165) is 0 Å². The molecule has 0 saturated carbocycles. The highest BCUT2D eigenvalue weighted by Gasteiger charge is 1.72. The van der Waals surface area contributed by atoms with Crippen LogP contribution in [0.5, 0.6) is 0 Å². The average molecular weight is 287 g/mol. The van der Waals surface area contributed by atoms with Crippen LogP contribution in [0.15, 0.2) is 0 Å². The standard InChI is InChI=1S/3C3H10Si.4CH4/c3*1-4(2)3;;;;/h3*4H,1-3H3;4*1H4. The lowest BCUT2D eigenvalue weighted by Gasteiger charge is -1.75. The van der Waals surface area contributed by atoms with Gasteiger partial charge in [-0.2, -0.15) is 0 Å². The maximum absolute atomic E-state index is 2.31. The molecule has 0 N–H and O–H groups in total. The molecular formula is C13H46Si3. The molecule has 16 heavy (non-hydrogen) atoms. The second-order valence-electron chi connectivity index (χ2n) is 5.20. The van der Waals surface area contributed by atoms with E-state index in [4.69, 9.17) is 0 Å². The van der Waals surface area contributed by atoms with Crippen molar-refractivity contribution in [3.8, 4) is 0 Å². The third kappa shape index (κ3) is 6450. The smallest absolute Gasteiger partial charge is 0.0274 e. The predicted molar refractivity (Wildman–Crippen MR) is 101 cm³/mol. The second kappa shape index (κ2) is 36.1. The van der Waals surface area contributed by atoms with E-state index in [1.807, 2.05) is 0 Å². The molecule has 0 aromatic carbocycles. The minimum absolute atomic E-state index is 0. The summed E-state index contributed by atoms with van der Waals surface area (Å²) in [4.78, 5) is 0. The van der Waals surface area contributed by atoms with Gasteiger partial charge in [0.25, 0.3) is 0 Å². The highest BCUT2D eigenvalue weighted by Crippen LogP contribution is 1.68. The maximum atomic E-state index is 2.31. The van der Waals surface area contributed by atoms with E-state index >= 15 is 0 Å². The van der Waals surface area contributed by atoms with Crippen LogP contribution in [-0.4, -0.2) is 26.4 Å². The number of hydrogen-bond donors (Lipinski definition) is 0. The van der Waals surface area contributed by atoms with E-state index in [0.29, 0.717) is 0 Å². The van der Waals surface area contributed by atoms with Gasteiger partial charge in [0.05, 0.1) is 0 Å². The molecule has 0 unspecified atom stereocenters. The molecule has 0 nitrogen and oxygen atoms in total. The van der Waals surface area contributed by atoms with Gasteiger partial charge in [-0.1, -0.05) is 88.6 Å². The van der Waals surface area contributed by atoms with Crippen LogP contribution < -0.4 is 0 Å². The maximum Gasteiger partial charge on any atom is 0.0274 e. The van der Waals surface area contributed by atoms with E-state index in [1.54, 1.807) is 0 Å². The van der Waals surface area contributed by atoms with Crippen molar-refractivity contribution in [3.05, 3.63) is 0 Å². The zero-order chi connectivity index (χ0) is 10.7. The molecule has 0 rings (SSSR count). The van der Waals surface area contributed by atoms with Crippen molar-refractivity contribution < 1.29 is 0 Å². The van der Waals surface area contributed by atoms with Gasteiger partial charge in [0.2, 0.25) is 0 Å². The fourth-order valence-corrected chi connectivity index (χ4v) is 0. The monoisotopic (exact) mass is 286 g/mol. The third-order valence-electron chi connectivity index (χ3n) is 0. The lowest BCUT2D eigenvalue weighted by molar-refractivity contribution is 1.91. The van der Waals surface area contributed by atoms with E-state index in [-0.39, 0.29) is 56.1 Å². The van der Waals surface area contributed by atoms with Crippen LogP contribution in [0.3, 0.4) is 0 Å². The molecule has 0 atom stereocenters. The normalized spacial score (nSPS) is 6.75. The van der Waals surface area contributed by atoms with Crippen molar-refractivity contribution in [3.63, 3.8) is 0 Å². The van der Waals surface area contributed by atoms with Crippen LogP contribution in [0.25, 0.3) is 0 Å². The number of hydrogen-bond acceptors (Lipinski definition) is 0. The molecule has 0 aliphatic heterocycles. The average Bonchev–Trinajstić information content (AvgIpc) is 1.54. The van der Waals surface area contributed by atoms with E-state index < -0.39 is 0 Å². The lowest BCUT2D eigenvalue weighted by Crippen LogP contribution is -1.84. The molecule has 3 heteroatoms. The minimum Gasteiger partial charge on any atom is -0.0776 e. The van der Waals surface area contributed by atoms with Crippen LogP contribution in [-0.2, 0) is 0 Å². The summed E-state index contributed by atoms with van der Waals surface area (Å²) in [5.41, 5.74) is 0. The Hall–Kier alpha value is 0.651. The zero-order valence-electron chi connectivity index (χ0n) is 10.7. The van der Waals surface area contributed by atoms with Crippen molar-refractivity contribution >= 4 is 26.4 Å². The summed E-state index contributed by atoms with van der Waals surface area (Å²) in [6.45, 7) is 20.8. The molecule has 0 aromatic rings. The molecule has 110 valence electrons. The van der Waals surface area contributed by atoms with Gasteiger partial charge in [-0.05, 0) is 0 Å². The summed E-state index contributed by atoms with van der Waals surface area (Å²) in [5.74, 6) is 0. The van der Waals surface area contributed by atoms with Crippen LogP contribution in [0.1, 0.15) is 29.7 Å². The lowest BCUT2D eigenvalue weighted by atomic mass is 11.8. The molecule has 0 saturated heterocycles. The van der Waals surface area contributed by atoms with Crippen molar-refractivity contribution in [1.29, 1.82) is 0 Å². The van der Waals surface area contributed by atoms with Crippen LogP contribution in [0, 0.1) is 0 Å². The van der Waals surface area contributed by atoms with Gasteiger partial charge in [0.1, 0.15) is 0 Å². The minimum atomic E-state index is -0.139. The molecule has 0 amide bonds. The van der Waals surface area contributed by atoms with Crippen molar-refractivity contribution in [2.75, 3.05) is 0 Å². The molecule has 0 bridgehead atoms. The van der Waals surface area contributed by atoms with Crippen molar-refractivity contribution in [1.82, 2.24) is 0 Å². The van der Waals surface area contributed by atoms with Gasteiger partial charge in [0, 0.05) is 26.4 Å². The SMILES string of the molecule is C.C.C.C.C[SiH](C)C.C[SiH](C)C.C[SiH](C)C. The third-order valence-corrected chi connectivity index (χ3v) is 0. The first-order chi connectivity index (χ1) is 5.20. The molecule has 0 radical (unpaired) electrons. The van der Waals surface area contributed by atoms with Gasteiger partial charge < -0.3 is 0 Å². The molecule has 0 heterocycles. The Labute approximate surface area is 115 Å².